The number of carbonyl (C=O) groups is 2. The summed E-state index contributed by atoms with van der Waals surface area (Å²) in [5, 5.41) is 0. The summed E-state index contributed by atoms with van der Waals surface area (Å²) >= 11 is 0. The van der Waals surface area contributed by atoms with E-state index in [2.05, 4.69) is 0 Å². The van der Waals surface area contributed by atoms with Gasteiger partial charge in [0.2, 0.25) is 5.75 Å². The van der Waals surface area contributed by atoms with Crippen molar-refractivity contribution in [2.75, 3.05) is 13.2 Å². The highest BCUT2D eigenvalue weighted by Crippen LogP contribution is 2.41. The maximum Gasteiger partial charge on any atom is 0.338 e. The van der Waals surface area contributed by atoms with Crippen LogP contribution in [-0.4, -0.2) is 31.2 Å². The molecular formula is C47H45NO8. The first-order chi connectivity index (χ1) is 27.4. The van der Waals surface area contributed by atoms with Crippen LogP contribution in [0.2, 0.25) is 0 Å². The molecule has 2 N–H and O–H groups in total. The zero-order valence-electron chi connectivity index (χ0n) is 31.5. The molecule has 286 valence electrons. The summed E-state index contributed by atoms with van der Waals surface area (Å²) in [6.07, 6.45) is -0.942. The molecule has 0 aliphatic heterocycles. The molecule has 0 radical (unpaired) electrons. The Morgan fingerprint density at radius 1 is 0.518 bits per heavy atom. The van der Waals surface area contributed by atoms with Gasteiger partial charge in [-0.15, -0.1) is 0 Å². The molecule has 1 atom stereocenters. The molecular weight excluding hydrogens is 707 g/mol. The third-order valence-corrected chi connectivity index (χ3v) is 8.99. The fourth-order valence-electron chi connectivity index (χ4n) is 5.70. The van der Waals surface area contributed by atoms with Crippen molar-refractivity contribution in [3.8, 4) is 23.0 Å². The molecule has 56 heavy (non-hydrogen) atoms. The Labute approximate surface area is 327 Å². The van der Waals surface area contributed by atoms with E-state index in [1.807, 2.05) is 135 Å². The van der Waals surface area contributed by atoms with E-state index in [9.17, 15) is 9.59 Å². The summed E-state index contributed by atoms with van der Waals surface area (Å²) in [5.74, 6) is 0.191. The second kappa shape index (κ2) is 19.7. The van der Waals surface area contributed by atoms with Gasteiger partial charge in [-0.05, 0) is 71.5 Å². The molecule has 6 aromatic rings. The Hall–Kier alpha value is -6.58. The Kier molecular flexibility index (Phi) is 13.7. The van der Waals surface area contributed by atoms with Crippen molar-refractivity contribution in [3.05, 3.63) is 190 Å². The normalized spacial score (nSPS) is 11.3. The molecule has 9 heteroatoms. The molecule has 6 aromatic carbocycles. The predicted octanol–water partition coefficient (Wildman–Crippen LogP) is 8.96. The minimum absolute atomic E-state index is 0.0929. The summed E-state index contributed by atoms with van der Waals surface area (Å²) < 4.78 is 36.5. The lowest BCUT2D eigenvalue weighted by Crippen LogP contribution is -2.32. The monoisotopic (exact) mass is 751 g/mol. The van der Waals surface area contributed by atoms with Gasteiger partial charge in [-0.3, -0.25) is 0 Å². The average Bonchev–Trinajstić information content (AvgIpc) is 3.24. The van der Waals surface area contributed by atoms with Crippen LogP contribution in [-0.2, 0) is 35.9 Å². The van der Waals surface area contributed by atoms with Crippen LogP contribution in [0, 0.1) is 13.8 Å². The number of benzene rings is 6. The van der Waals surface area contributed by atoms with E-state index in [1.165, 1.54) is 0 Å². The third-order valence-electron chi connectivity index (χ3n) is 8.99. The molecule has 6 rings (SSSR count). The number of esters is 2. The molecule has 0 saturated heterocycles. The van der Waals surface area contributed by atoms with Gasteiger partial charge in [0.1, 0.15) is 44.9 Å². The van der Waals surface area contributed by atoms with Crippen molar-refractivity contribution in [1.29, 1.82) is 0 Å². The van der Waals surface area contributed by atoms with Crippen LogP contribution in [0.5, 0.6) is 23.0 Å². The van der Waals surface area contributed by atoms with E-state index in [1.54, 1.807) is 24.3 Å². The number of hydrogen-bond acceptors (Lipinski definition) is 9. The second-order valence-corrected chi connectivity index (χ2v) is 13.2. The first kappa shape index (κ1) is 39.1. The summed E-state index contributed by atoms with van der Waals surface area (Å²) in [4.78, 5) is 27.1. The van der Waals surface area contributed by atoms with Crippen LogP contribution in [0.1, 0.15) is 54.1 Å². The van der Waals surface area contributed by atoms with E-state index in [-0.39, 0.29) is 50.0 Å². The fraction of sp³-hybridized carbons (Fsp3) is 0.191. The number of carbonyl (C=O) groups excluding carboxylic acids is 2. The van der Waals surface area contributed by atoms with Gasteiger partial charge >= 0.3 is 11.9 Å². The number of hydrogen-bond donors (Lipinski definition) is 1. The van der Waals surface area contributed by atoms with E-state index in [0.717, 1.165) is 33.4 Å². The van der Waals surface area contributed by atoms with Crippen LogP contribution >= 0.6 is 0 Å². The minimum atomic E-state index is -0.942. The maximum absolute atomic E-state index is 13.8. The van der Waals surface area contributed by atoms with Crippen molar-refractivity contribution >= 4 is 11.9 Å². The van der Waals surface area contributed by atoms with Crippen LogP contribution in [0.3, 0.4) is 0 Å². The molecule has 0 aliphatic carbocycles. The Morgan fingerprint density at radius 2 is 0.911 bits per heavy atom. The average molecular weight is 752 g/mol. The van der Waals surface area contributed by atoms with Crippen LogP contribution in [0.25, 0.3) is 0 Å². The van der Waals surface area contributed by atoms with E-state index in [4.69, 9.17) is 34.2 Å². The molecule has 9 nitrogen and oxygen atoms in total. The molecule has 0 saturated carbocycles. The number of aryl methyl sites for hydroxylation is 1. The van der Waals surface area contributed by atoms with Gasteiger partial charge in [-0.25, -0.2) is 9.59 Å². The quantitative estimate of drug-likeness (QED) is 0.0860. The molecule has 0 aromatic heterocycles. The van der Waals surface area contributed by atoms with E-state index < -0.39 is 18.0 Å². The lowest BCUT2D eigenvalue weighted by Gasteiger charge is -2.20. The van der Waals surface area contributed by atoms with Gasteiger partial charge in [0.05, 0.1) is 11.1 Å². The largest absolute Gasteiger partial charge is 0.489 e. The Morgan fingerprint density at radius 3 is 1.36 bits per heavy atom. The molecule has 0 spiro atoms. The lowest BCUT2D eigenvalue weighted by molar-refractivity contribution is 0.00189. The van der Waals surface area contributed by atoms with Crippen molar-refractivity contribution in [2.24, 2.45) is 5.73 Å². The lowest BCUT2D eigenvalue weighted by atomic mass is 10.0. The minimum Gasteiger partial charge on any atom is -0.489 e. The fourth-order valence-corrected chi connectivity index (χ4v) is 5.70. The van der Waals surface area contributed by atoms with Crippen LogP contribution < -0.4 is 24.7 Å². The summed E-state index contributed by atoms with van der Waals surface area (Å²) in [6.45, 7) is 4.48. The Bertz CT molecular complexity index is 2110. The zero-order valence-corrected chi connectivity index (χ0v) is 31.5. The van der Waals surface area contributed by atoms with E-state index >= 15 is 0 Å². The van der Waals surface area contributed by atoms with Crippen molar-refractivity contribution in [3.63, 3.8) is 0 Å². The number of nitrogens with two attached hydrogens (primary N) is 1. The first-order valence-electron chi connectivity index (χ1n) is 18.4. The smallest absolute Gasteiger partial charge is 0.338 e. The summed E-state index contributed by atoms with van der Waals surface area (Å²) in [6, 6.07) is 45.3. The highest BCUT2D eigenvalue weighted by molar-refractivity contribution is 5.92. The first-order valence-corrected chi connectivity index (χ1v) is 18.4. The molecule has 0 fully saturated rings. The highest BCUT2D eigenvalue weighted by atomic mass is 16.6. The molecule has 1 unspecified atom stereocenters. The van der Waals surface area contributed by atoms with E-state index in [0.29, 0.717) is 23.7 Å². The second-order valence-electron chi connectivity index (χ2n) is 13.2. The van der Waals surface area contributed by atoms with Gasteiger partial charge in [-0.1, -0.05) is 121 Å². The van der Waals surface area contributed by atoms with Crippen LogP contribution in [0.15, 0.2) is 146 Å². The maximum atomic E-state index is 13.8. The summed E-state index contributed by atoms with van der Waals surface area (Å²) in [7, 11) is 0. The molecule has 0 aliphatic rings. The standard InChI is InChI=1S/C47H45NO8/c1-33-23-39(24-42(34(33)2)51-28-35-15-7-3-8-16-35)46(49)55-32-41(27-48)56-47(50)40-25-43(52-29-36-17-9-4-10-18-36)45(54-31-38-21-13-6-14-22-38)44(26-40)53-30-37-19-11-5-12-20-37/h3-26,41H,27-32,48H2,1-2H3. The van der Waals surface area contributed by atoms with Crippen molar-refractivity contribution < 1.29 is 38.0 Å². The zero-order chi connectivity index (χ0) is 39.1. The predicted molar refractivity (Wildman–Crippen MR) is 214 cm³/mol. The van der Waals surface area contributed by atoms with Gasteiger partial charge < -0.3 is 34.2 Å². The number of ether oxygens (including phenoxy) is 6. The number of rotatable bonds is 18. The van der Waals surface area contributed by atoms with Gasteiger partial charge in [0.15, 0.2) is 11.5 Å². The highest BCUT2D eigenvalue weighted by Gasteiger charge is 2.24. The third kappa shape index (κ3) is 11.0. The Balaban J connectivity index is 1.20. The molecule has 0 amide bonds. The van der Waals surface area contributed by atoms with Crippen molar-refractivity contribution in [2.45, 2.75) is 46.4 Å². The molecule has 0 heterocycles. The summed E-state index contributed by atoms with van der Waals surface area (Å²) in [5.41, 5.74) is 12.1. The SMILES string of the molecule is Cc1cc(C(=O)OCC(CN)OC(=O)c2cc(OCc3ccccc3)c(OCc3ccccc3)c(OCc3ccccc3)c2)cc(OCc2ccccc2)c1C. The topological polar surface area (TPSA) is 116 Å². The van der Waals surface area contributed by atoms with Crippen LogP contribution in [0.4, 0.5) is 0 Å². The molecule has 0 bridgehead atoms. The van der Waals surface area contributed by atoms with Gasteiger partial charge in [0, 0.05) is 6.54 Å². The van der Waals surface area contributed by atoms with Crippen molar-refractivity contribution in [1.82, 2.24) is 0 Å². The van der Waals surface area contributed by atoms with Gasteiger partial charge in [0.25, 0.3) is 0 Å². The van der Waals surface area contributed by atoms with Gasteiger partial charge in [-0.2, -0.15) is 0 Å².